The number of piperazine rings is 1. The molecule has 28 heavy (non-hydrogen) atoms. The van der Waals surface area contributed by atoms with Crippen LogP contribution in [0.1, 0.15) is 25.8 Å². The summed E-state index contributed by atoms with van der Waals surface area (Å²) >= 11 is 1.46. The zero-order valence-electron chi connectivity index (χ0n) is 16.6. The van der Waals surface area contributed by atoms with Gasteiger partial charge in [0.1, 0.15) is 0 Å². The van der Waals surface area contributed by atoms with Crippen molar-refractivity contribution in [3.05, 3.63) is 34.7 Å². The van der Waals surface area contributed by atoms with E-state index in [2.05, 4.69) is 63.9 Å². The van der Waals surface area contributed by atoms with Gasteiger partial charge in [0, 0.05) is 57.9 Å². The third-order valence-corrected chi connectivity index (χ3v) is 6.16. The molecule has 6 nitrogen and oxygen atoms in total. The molecule has 2 aliphatic heterocycles. The molecule has 3 rings (SSSR count). The van der Waals surface area contributed by atoms with Gasteiger partial charge in [-0.15, -0.1) is 0 Å². The second-order valence-electron chi connectivity index (χ2n) is 6.81. The van der Waals surface area contributed by atoms with Gasteiger partial charge >= 0.3 is 0 Å². The molecule has 0 radical (unpaired) electrons. The fraction of sp³-hybridized carbons (Fsp3) is 0.476. The predicted octanol–water partition coefficient (Wildman–Crippen LogP) is 3.03. The zero-order valence-corrected chi connectivity index (χ0v) is 17.4. The molecule has 2 heterocycles. The first-order valence-corrected chi connectivity index (χ1v) is 10.7. The number of aliphatic imine (C=N–C) groups is 1. The van der Waals surface area contributed by atoms with E-state index in [0.717, 1.165) is 56.5 Å². The summed E-state index contributed by atoms with van der Waals surface area (Å²) in [4.78, 5) is 24.1. The number of amidine groups is 1. The third-order valence-electron chi connectivity index (χ3n) is 5.11. The highest BCUT2D eigenvalue weighted by Gasteiger charge is 2.28. The average molecular weight is 398 g/mol. The Kier molecular flexibility index (Phi) is 7.12. The molecule has 0 unspecified atom stereocenters. The second kappa shape index (κ2) is 9.76. The summed E-state index contributed by atoms with van der Waals surface area (Å²) < 4.78 is 0. The summed E-state index contributed by atoms with van der Waals surface area (Å²) in [7, 11) is 0. The Balaban J connectivity index is 1.59. The van der Waals surface area contributed by atoms with Crippen LogP contribution >= 0.6 is 11.8 Å². The van der Waals surface area contributed by atoms with Crippen molar-refractivity contribution in [1.82, 2.24) is 9.80 Å². The second-order valence-corrected chi connectivity index (χ2v) is 7.82. The van der Waals surface area contributed by atoms with Crippen molar-refractivity contribution in [3.8, 4) is 6.07 Å². The van der Waals surface area contributed by atoms with Crippen LogP contribution in [0.4, 0.5) is 5.69 Å². The Morgan fingerprint density at radius 2 is 1.86 bits per heavy atom. The Hall–Kier alpha value is -2.30. The van der Waals surface area contributed by atoms with Crippen LogP contribution < -0.4 is 4.90 Å². The van der Waals surface area contributed by atoms with Crippen LogP contribution in [0.2, 0.25) is 0 Å². The van der Waals surface area contributed by atoms with Crippen molar-refractivity contribution in [2.45, 2.75) is 20.3 Å². The summed E-state index contributed by atoms with van der Waals surface area (Å²) in [5.41, 5.74) is 2.22. The Bertz CT molecular complexity index is 784. The smallest absolute Gasteiger partial charge is 0.286 e. The van der Waals surface area contributed by atoms with Gasteiger partial charge in [-0.25, -0.2) is 0 Å². The molecule has 0 bridgehead atoms. The van der Waals surface area contributed by atoms with Crippen LogP contribution in [0.3, 0.4) is 0 Å². The number of hydrogen-bond acceptors (Lipinski definition) is 6. The van der Waals surface area contributed by atoms with Gasteiger partial charge < -0.3 is 9.80 Å². The lowest BCUT2D eigenvalue weighted by Crippen LogP contribution is -2.47. The molecule has 0 aliphatic carbocycles. The van der Waals surface area contributed by atoms with Gasteiger partial charge in [-0.1, -0.05) is 12.1 Å². The van der Waals surface area contributed by atoms with E-state index in [1.807, 2.05) is 6.08 Å². The molecule has 0 aromatic heterocycles. The molecular weight excluding hydrogens is 370 g/mol. The summed E-state index contributed by atoms with van der Waals surface area (Å²) in [6.07, 6.45) is 2.49. The lowest BCUT2D eigenvalue weighted by Gasteiger charge is -2.34. The van der Waals surface area contributed by atoms with E-state index in [0.29, 0.717) is 11.3 Å². The van der Waals surface area contributed by atoms with Crippen molar-refractivity contribution in [2.24, 2.45) is 4.99 Å². The number of carbonyl (C=O) groups is 1. The number of benzene rings is 1. The number of amides is 1. The van der Waals surface area contributed by atoms with Gasteiger partial charge in [0.05, 0.1) is 11.0 Å². The highest BCUT2D eigenvalue weighted by Crippen LogP contribution is 2.31. The molecule has 2 aliphatic rings. The Morgan fingerprint density at radius 1 is 1.18 bits per heavy atom. The maximum absolute atomic E-state index is 12.3. The van der Waals surface area contributed by atoms with Gasteiger partial charge in [0.25, 0.3) is 5.91 Å². The number of thioether (sulfide) groups is 1. The first-order chi connectivity index (χ1) is 13.6. The SMILES string of the molecule is CCN(CC)c1ccc(C=C2SC(N3CCN(CCC#N)CC3)=NC2=O)cc1. The van der Waals surface area contributed by atoms with Gasteiger partial charge in [-0.3, -0.25) is 9.69 Å². The number of rotatable bonds is 6. The Morgan fingerprint density at radius 3 is 2.46 bits per heavy atom. The molecular formula is C21H27N5OS. The van der Waals surface area contributed by atoms with E-state index in [4.69, 9.17) is 5.26 Å². The first kappa shape index (κ1) is 20.4. The predicted molar refractivity (Wildman–Crippen MR) is 116 cm³/mol. The van der Waals surface area contributed by atoms with E-state index in [-0.39, 0.29) is 5.91 Å². The highest BCUT2D eigenvalue weighted by molar-refractivity contribution is 8.18. The third kappa shape index (κ3) is 4.94. The van der Waals surface area contributed by atoms with Crippen LogP contribution in [0, 0.1) is 11.3 Å². The highest BCUT2D eigenvalue weighted by atomic mass is 32.2. The standard InChI is InChI=1S/C21H27N5OS/c1-3-25(4-2)18-8-6-17(7-9-18)16-19-20(27)23-21(28-19)26-14-12-24(13-15-26)11-5-10-22/h6-9,16H,3-5,11-15H2,1-2H3. The zero-order chi connectivity index (χ0) is 19.9. The lowest BCUT2D eigenvalue weighted by atomic mass is 10.2. The van der Waals surface area contributed by atoms with E-state index >= 15 is 0 Å². The van der Waals surface area contributed by atoms with Crippen LogP contribution in [0.5, 0.6) is 0 Å². The number of nitriles is 1. The van der Waals surface area contributed by atoms with E-state index in [1.165, 1.54) is 17.4 Å². The molecule has 1 saturated heterocycles. The Labute approximate surface area is 171 Å². The quantitative estimate of drug-likeness (QED) is 0.688. The van der Waals surface area contributed by atoms with Crippen LogP contribution in [0.25, 0.3) is 6.08 Å². The number of carbonyl (C=O) groups excluding carboxylic acids is 1. The fourth-order valence-corrected chi connectivity index (χ4v) is 4.39. The van der Waals surface area contributed by atoms with Crippen molar-refractivity contribution in [2.75, 3.05) is 50.7 Å². The fourth-order valence-electron chi connectivity index (χ4n) is 3.43. The molecule has 7 heteroatoms. The van der Waals surface area contributed by atoms with Gasteiger partial charge in [0.2, 0.25) is 0 Å². The molecule has 1 aromatic carbocycles. The summed E-state index contributed by atoms with van der Waals surface area (Å²) in [5.74, 6) is -0.153. The molecule has 0 spiro atoms. The van der Waals surface area contributed by atoms with Crippen molar-refractivity contribution < 1.29 is 4.79 Å². The maximum Gasteiger partial charge on any atom is 0.286 e. The minimum Gasteiger partial charge on any atom is -0.372 e. The summed E-state index contributed by atoms with van der Waals surface area (Å²) in [6.45, 7) is 10.6. The molecule has 0 atom stereocenters. The van der Waals surface area contributed by atoms with E-state index in [1.54, 1.807) is 0 Å². The largest absolute Gasteiger partial charge is 0.372 e. The van der Waals surface area contributed by atoms with Crippen LogP contribution in [-0.4, -0.2) is 66.7 Å². The number of anilines is 1. The summed E-state index contributed by atoms with van der Waals surface area (Å²) in [6, 6.07) is 10.5. The van der Waals surface area contributed by atoms with Gasteiger partial charge in [0.15, 0.2) is 5.17 Å². The molecule has 1 aromatic rings. The maximum atomic E-state index is 12.3. The van der Waals surface area contributed by atoms with E-state index < -0.39 is 0 Å². The topological polar surface area (TPSA) is 62.9 Å². The average Bonchev–Trinajstić information content (AvgIpc) is 3.09. The molecule has 0 saturated carbocycles. The molecule has 0 N–H and O–H groups in total. The van der Waals surface area contributed by atoms with Crippen LogP contribution in [0.15, 0.2) is 34.2 Å². The van der Waals surface area contributed by atoms with Crippen molar-refractivity contribution in [1.29, 1.82) is 5.26 Å². The van der Waals surface area contributed by atoms with Crippen LogP contribution in [-0.2, 0) is 4.79 Å². The number of hydrogen-bond donors (Lipinski definition) is 0. The molecule has 1 amide bonds. The first-order valence-electron chi connectivity index (χ1n) is 9.86. The van der Waals surface area contributed by atoms with Crippen molar-refractivity contribution >= 4 is 34.6 Å². The summed E-state index contributed by atoms with van der Waals surface area (Å²) in [5, 5.41) is 9.51. The minimum atomic E-state index is -0.153. The van der Waals surface area contributed by atoms with Gasteiger partial charge in [-0.2, -0.15) is 10.3 Å². The number of nitrogens with zero attached hydrogens (tertiary/aromatic N) is 5. The monoisotopic (exact) mass is 397 g/mol. The van der Waals surface area contributed by atoms with E-state index in [9.17, 15) is 4.79 Å². The lowest BCUT2D eigenvalue weighted by molar-refractivity contribution is -0.113. The molecule has 1 fully saturated rings. The van der Waals surface area contributed by atoms with Gasteiger partial charge in [-0.05, 0) is 49.4 Å². The molecule has 148 valence electrons. The minimum absolute atomic E-state index is 0.153. The van der Waals surface area contributed by atoms with Crippen molar-refractivity contribution in [3.63, 3.8) is 0 Å². The normalized spacial score (nSPS) is 19.0.